The van der Waals surface area contributed by atoms with Crippen LogP contribution in [0.1, 0.15) is 0 Å². The van der Waals surface area contributed by atoms with Gasteiger partial charge in [0.05, 0.1) is 27.8 Å². The van der Waals surface area contributed by atoms with E-state index >= 15 is 0 Å². The smallest absolute Gasteiger partial charge is 0.238 e. The molecule has 10 aromatic carbocycles. The predicted molar refractivity (Wildman–Crippen MR) is 273 cm³/mol. The lowest BCUT2D eigenvalue weighted by atomic mass is 9.92. The summed E-state index contributed by atoms with van der Waals surface area (Å²) in [6, 6.07) is 84.2. The molecule has 0 saturated carbocycles. The van der Waals surface area contributed by atoms with Crippen molar-refractivity contribution in [1.82, 2.24) is 24.1 Å². The summed E-state index contributed by atoms with van der Waals surface area (Å²) in [5.41, 5.74) is 14.2. The summed E-state index contributed by atoms with van der Waals surface area (Å²) < 4.78 is 4.73. The number of para-hydroxylation sites is 3. The first-order valence-electron chi connectivity index (χ1n) is 22.4. The van der Waals surface area contributed by atoms with E-state index < -0.39 is 0 Å². The fraction of sp³-hybridized carbons (Fsp3) is 0. The van der Waals surface area contributed by atoms with Crippen molar-refractivity contribution in [3.63, 3.8) is 0 Å². The second kappa shape index (κ2) is 15.4. The van der Waals surface area contributed by atoms with Crippen LogP contribution in [0.15, 0.2) is 237 Å². The summed E-state index contributed by atoms with van der Waals surface area (Å²) in [4.78, 5) is 15.7. The monoisotopic (exact) mass is 841 g/mol. The molecule has 0 fully saturated rings. The summed E-state index contributed by atoms with van der Waals surface area (Å²) in [5, 5.41) is 7.05. The second-order valence-electron chi connectivity index (χ2n) is 16.8. The number of rotatable bonds is 7. The lowest BCUT2D eigenvalue weighted by Gasteiger charge is -2.18. The summed E-state index contributed by atoms with van der Waals surface area (Å²) >= 11 is 0. The highest BCUT2D eigenvalue weighted by Crippen LogP contribution is 2.44. The van der Waals surface area contributed by atoms with Crippen LogP contribution in [0.4, 0.5) is 0 Å². The van der Waals surface area contributed by atoms with Gasteiger partial charge in [-0.15, -0.1) is 0 Å². The molecule has 3 heterocycles. The molecule has 0 saturated heterocycles. The zero-order chi connectivity index (χ0) is 43.6. The van der Waals surface area contributed by atoms with E-state index in [0.717, 1.165) is 71.7 Å². The van der Waals surface area contributed by atoms with E-state index in [1.165, 1.54) is 32.8 Å². The maximum absolute atomic E-state index is 5.32. The van der Waals surface area contributed by atoms with E-state index in [-0.39, 0.29) is 0 Å². The minimum atomic E-state index is 0.559. The normalized spacial score (nSPS) is 11.6. The van der Waals surface area contributed by atoms with Gasteiger partial charge in [0.15, 0.2) is 11.6 Å². The van der Waals surface area contributed by atoms with Gasteiger partial charge in [0, 0.05) is 38.2 Å². The zero-order valence-corrected chi connectivity index (χ0v) is 35.8. The molecule has 3 aromatic heterocycles. The van der Waals surface area contributed by atoms with Crippen LogP contribution in [0, 0.1) is 0 Å². The summed E-state index contributed by atoms with van der Waals surface area (Å²) in [7, 11) is 0. The standard InChI is InChI=1S/C61H39N5/c1-3-18-43(19-4-1)59-62-60(44-20-5-2-6-21-44)64-61(63-59)66-56-30-16-13-27-51(56)53-38-37-52-50-26-12-15-29-55(50)65(57(52)58(53)66)54-28-14-11-25-49(54)48-24-10-9-23-47(48)42-34-31-41(32-35-42)46-36-33-40-17-7-8-22-45(40)39-46/h1-39H. The van der Waals surface area contributed by atoms with E-state index in [9.17, 15) is 0 Å². The third-order valence-corrected chi connectivity index (χ3v) is 13.0. The highest BCUT2D eigenvalue weighted by Gasteiger charge is 2.25. The number of benzene rings is 10. The molecule has 5 nitrogen and oxygen atoms in total. The van der Waals surface area contributed by atoms with E-state index in [0.29, 0.717) is 17.6 Å². The molecule has 66 heavy (non-hydrogen) atoms. The zero-order valence-electron chi connectivity index (χ0n) is 35.8. The second-order valence-corrected chi connectivity index (χ2v) is 16.8. The summed E-state index contributed by atoms with van der Waals surface area (Å²) in [6.07, 6.45) is 0. The van der Waals surface area contributed by atoms with Crippen molar-refractivity contribution >= 4 is 54.4 Å². The topological polar surface area (TPSA) is 48.5 Å². The van der Waals surface area contributed by atoms with Gasteiger partial charge in [-0.25, -0.2) is 4.98 Å². The summed E-state index contributed by atoms with van der Waals surface area (Å²) in [5.74, 6) is 1.79. The van der Waals surface area contributed by atoms with Crippen molar-refractivity contribution < 1.29 is 0 Å². The molecule has 0 aliphatic rings. The Hall–Kier alpha value is -8.93. The Kier molecular flexibility index (Phi) is 8.78. The number of hydrogen-bond acceptors (Lipinski definition) is 3. The molecule has 0 radical (unpaired) electrons. The van der Waals surface area contributed by atoms with Gasteiger partial charge in [-0.1, -0.05) is 212 Å². The maximum atomic E-state index is 5.32. The molecule has 5 heteroatoms. The van der Waals surface area contributed by atoms with Crippen LogP contribution in [0.25, 0.3) is 122 Å². The first-order valence-corrected chi connectivity index (χ1v) is 22.4. The SMILES string of the molecule is c1ccc(-c2nc(-c3ccccc3)nc(-n3c4ccccc4c4ccc5c6ccccc6n(-c6ccccc6-c6ccccc6-c6ccc(-c7ccc8ccccc8c7)cc6)c5c43)n2)cc1. The quantitative estimate of drug-likeness (QED) is 0.161. The molecular formula is C61H39N5. The highest BCUT2D eigenvalue weighted by molar-refractivity contribution is 6.24. The Bertz CT molecular complexity index is 3920. The Morgan fingerprint density at radius 3 is 1.42 bits per heavy atom. The summed E-state index contributed by atoms with van der Waals surface area (Å²) in [6.45, 7) is 0. The van der Waals surface area contributed by atoms with Crippen molar-refractivity contribution in [2.75, 3.05) is 0 Å². The van der Waals surface area contributed by atoms with Gasteiger partial charge >= 0.3 is 0 Å². The average Bonchev–Trinajstić information content (AvgIpc) is 3.92. The first kappa shape index (κ1) is 37.6. The van der Waals surface area contributed by atoms with Crippen molar-refractivity contribution in [3.8, 4) is 67.8 Å². The Labute approximate surface area is 381 Å². The van der Waals surface area contributed by atoms with Crippen LogP contribution in [0.2, 0.25) is 0 Å². The third-order valence-electron chi connectivity index (χ3n) is 13.0. The highest BCUT2D eigenvalue weighted by atomic mass is 15.2. The molecule has 0 aliphatic carbocycles. The van der Waals surface area contributed by atoms with Gasteiger partial charge in [0.2, 0.25) is 5.95 Å². The van der Waals surface area contributed by atoms with Crippen molar-refractivity contribution in [2.24, 2.45) is 0 Å². The van der Waals surface area contributed by atoms with Crippen molar-refractivity contribution in [2.45, 2.75) is 0 Å². The molecule has 0 unspecified atom stereocenters. The van der Waals surface area contributed by atoms with Gasteiger partial charge in [-0.05, 0) is 62.9 Å². The van der Waals surface area contributed by atoms with Gasteiger partial charge in [-0.3, -0.25) is 4.57 Å². The van der Waals surface area contributed by atoms with Gasteiger partial charge < -0.3 is 4.57 Å². The minimum Gasteiger partial charge on any atom is -0.307 e. The number of aromatic nitrogens is 5. The fourth-order valence-corrected chi connectivity index (χ4v) is 9.93. The van der Waals surface area contributed by atoms with Gasteiger partial charge in [0.1, 0.15) is 0 Å². The average molecular weight is 842 g/mol. The maximum Gasteiger partial charge on any atom is 0.238 e. The Morgan fingerprint density at radius 1 is 0.273 bits per heavy atom. The minimum absolute atomic E-state index is 0.559. The van der Waals surface area contributed by atoms with Crippen LogP contribution in [-0.4, -0.2) is 24.1 Å². The van der Waals surface area contributed by atoms with Crippen LogP contribution in [0.5, 0.6) is 0 Å². The van der Waals surface area contributed by atoms with Gasteiger partial charge in [0.25, 0.3) is 0 Å². The predicted octanol–water partition coefficient (Wildman–Crippen LogP) is 15.6. The number of fused-ring (bicyclic) bond motifs is 8. The lowest BCUT2D eigenvalue weighted by molar-refractivity contribution is 0.953. The number of hydrogen-bond donors (Lipinski definition) is 0. The third kappa shape index (κ3) is 6.13. The largest absolute Gasteiger partial charge is 0.307 e. The molecule has 0 aliphatic heterocycles. The van der Waals surface area contributed by atoms with Gasteiger partial charge in [-0.2, -0.15) is 9.97 Å². The van der Waals surface area contributed by atoms with E-state index in [2.05, 4.69) is 209 Å². The van der Waals surface area contributed by atoms with Crippen molar-refractivity contribution in [1.29, 1.82) is 0 Å². The molecule has 0 amide bonds. The number of nitrogens with zero attached hydrogens (tertiary/aromatic N) is 5. The van der Waals surface area contributed by atoms with Crippen LogP contribution in [0.3, 0.4) is 0 Å². The molecule has 0 bridgehead atoms. The Balaban J connectivity index is 1.06. The fourth-order valence-electron chi connectivity index (χ4n) is 9.93. The molecule has 13 rings (SSSR count). The molecule has 308 valence electrons. The van der Waals surface area contributed by atoms with Crippen LogP contribution < -0.4 is 0 Å². The molecular weight excluding hydrogens is 803 g/mol. The van der Waals surface area contributed by atoms with E-state index in [4.69, 9.17) is 15.0 Å². The molecule has 13 aromatic rings. The lowest BCUT2D eigenvalue weighted by Crippen LogP contribution is -2.07. The van der Waals surface area contributed by atoms with E-state index in [1.54, 1.807) is 0 Å². The van der Waals surface area contributed by atoms with E-state index in [1.807, 2.05) is 36.4 Å². The van der Waals surface area contributed by atoms with Crippen molar-refractivity contribution in [3.05, 3.63) is 237 Å². The molecule has 0 spiro atoms. The van der Waals surface area contributed by atoms with Crippen LogP contribution in [-0.2, 0) is 0 Å². The van der Waals surface area contributed by atoms with Crippen LogP contribution >= 0.6 is 0 Å². The Morgan fingerprint density at radius 2 is 0.758 bits per heavy atom. The molecule has 0 N–H and O–H groups in total. The molecule has 0 atom stereocenters. The first-order chi connectivity index (χ1) is 32.7.